The summed E-state index contributed by atoms with van der Waals surface area (Å²) in [4.78, 5) is 53.0. The van der Waals surface area contributed by atoms with Gasteiger partial charge >= 0.3 is 11.9 Å². The van der Waals surface area contributed by atoms with Crippen molar-refractivity contribution in [2.75, 3.05) is 13.7 Å². The zero-order valence-corrected chi connectivity index (χ0v) is 26.4. The highest BCUT2D eigenvalue weighted by atomic mass is 16.7. The van der Waals surface area contributed by atoms with Crippen molar-refractivity contribution in [1.82, 2.24) is 4.90 Å². The topological polar surface area (TPSA) is 188 Å². The van der Waals surface area contributed by atoms with E-state index in [9.17, 15) is 34.5 Å². The number of imide groups is 1. The van der Waals surface area contributed by atoms with Crippen molar-refractivity contribution < 1.29 is 62.9 Å². The number of rotatable bonds is 9. The Hall–Kier alpha value is -4.54. The maximum atomic E-state index is 13.2. The van der Waals surface area contributed by atoms with E-state index in [0.717, 1.165) is 0 Å². The van der Waals surface area contributed by atoms with E-state index in [-0.39, 0.29) is 22.3 Å². The Bertz CT molecular complexity index is 1640. The maximum Gasteiger partial charge on any atom is 0.338 e. The van der Waals surface area contributed by atoms with E-state index in [1.54, 1.807) is 79.7 Å². The average Bonchev–Trinajstić information content (AvgIpc) is 3.36. The Morgan fingerprint density at radius 1 is 0.714 bits per heavy atom. The van der Waals surface area contributed by atoms with Gasteiger partial charge in [0, 0.05) is 7.11 Å². The number of carbonyl (C=O) groups is 4. The summed E-state index contributed by atoms with van der Waals surface area (Å²) < 4.78 is 34.9. The van der Waals surface area contributed by atoms with Gasteiger partial charge in [-0.05, 0) is 43.3 Å². The number of aliphatic hydroxyl groups excluding tert-OH is 3. The highest BCUT2D eigenvalue weighted by molar-refractivity contribution is 6.21. The van der Waals surface area contributed by atoms with E-state index in [1.807, 2.05) is 0 Å². The number of carbonyl (C=O) groups excluding carboxylic acids is 4. The third kappa shape index (κ3) is 6.72. The number of aliphatic hydroxyl groups is 3. The second kappa shape index (κ2) is 14.5. The lowest BCUT2D eigenvalue weighted by Gasteiger charge is -2.45. The SMILES string of the molecule is CO[C@@H]1[C@H](OC[C@H]2O[C@@H](O)[C@H](N3C(=O)c4ccccc4C3=O)[C@@H](O)[C@@H]2O)O[C@@H](C)[C@@H](OC(=O)c2ccccc2)[C@H]1OC(=O)c1ccccc1. The first kappa shape index (κ1) is 34.3. The summed E-state index contributed by atoms with van der Waals surface area (Å²) in [5.74, 6) is -2.91. The molecule has 0 saturated carbocycles. The summed E-state index contributed by atoms with van der Waals surface area (Å²) in [5, 5.41) is 32.9. The van der Waals surface area contributed by atoms with Crippen LogP contribution in [0.15, 0.2) is 84.9 Å². The van der Waals surface area contributed by atoms with Gasteiger partial charge in [0.05, 0.1) is 35.0 Å². The first-order valence-electron chi connectivity index (χ1n) is 15.6. The first-order chi connectivity index (χ1) is 23.6. The van der Waals surface area contributed by atoms with Crippen molar-refractivity contribution in [3.05, 3.63) is 107 Å². The predicted molar refractivity (Wildman–Crippen MR) is 166 cm³/mol. The fourth-order valence-corrected chi connectivity index (χ4v) is 6.20. The van der Waals surface area contributed by atoms with Crippen molar-refractivity contribution in [1.29, 1.82) is 0 Å². The number of ether oxygens (including phenoxy) is 6. The Morgan fingerprint density at radius 3 is 1.76 bits per heavy atom. The molecule has 0 spiro atoms. The highest BCUT2D eigenvalue weighted by Gasteiger charge is 2.54. The van der Waals surface area contributed by atoms with Crippen molar-refractivity contribution >= 4 is 23.8 Å². The normalized spacial score (nSPS) is 31.2. The van der Waals surface area contributed by atoms with Crippen LogP contribution in [0.1, 0.15) is 48.4 Å². The van der Waals surface area contributed by atoms with E-state index in [0.29, 0.717) is 4.90 Å². The van der Waals surface area contributed by atoms with Gasteiger partial charge in [-0.2, -0.15) is 0 Å². The Balaban J connectivity index is 1.17. The van der Waals surface area contributed by atoms with Gasteiger partial charge in [-0.15, -0.1) is 0 Å². The molecule has 3 aromatic carbocycles. The molecule has 3 aliphatic heterocycles. The Labute approximate surface area is 280 Å². The number of benzene rings is 3. The molecule has 3 aromatic rings. The molecule has 2 amide bonds. The molecule has 0 aromatic heterocycles. The molecule has 10 atom stereocenters. The largest absolute Gasteiger partial charge is 0.452 e. The molecule has 3 aliphatic rings. The molecule has 258 valence electrons. The zero-order valence-electron chi connectivity index (χ0n) is 26.4. The number of fused-ring (bicyclic) bond motifs is 1. The smallest absolute Gasteiger partial charge is 0.338 e. The summed E-state index contributed by atoms with van der Waals surface area (Å²) >= 11 is 0. The summed E-state index contributed by atoms with van der Waals surface area (Å²) in [7, 11) is 1.31. The number of hydrogen-bond acceptors (Lipinski definition) is 13. The number of methoxy groups -OCH3 is 1. The minimum Gasteiger partial charge on any atom is -0.452 e. The summed E-state index contributed by atoms with van der Waals surface area (Å²) in [6.07, 6.45) is -12.6. The van der Waals surface area contributed by atoms with Crippen LogP contribution in [0.5, 0.6) is 0 Å². The van der Waals surface area contributed by atoms with Gasteiger partial charge in [0.2, 0.25) is 0 Å². The Morgan fingerprint density at radius 2 is 1.22 bits per heavy atom. The summed E-state index contributed by atoms with van der Waals surface area (Å²) in [6, 6.07) is 20.8. The molecule has 6 rings (SSSR count). The van der Waals surface area contributed by atoms with Gasteiger partial charge in [0.1, 0.15) is 30.5 Å². The minimum atomic E-state index is -1.89. The molecule has 3 heterocycles. The average molecular weight is 678 g/mol. The molecule has 0 aliphatic carbocycles. The molecule has 2 fully saturated rings. The van der Waals surface area contributed by atoms with Gasteiger partial charge < -0.3 is 43.7 Å². The second-order valence-electron chi connectivity index (χ2n) is 11.8. The van der Waals surface area contributed by atoms with Gasteiger partial charge in [-0.3, -0.25) is 14.5 Å². The molecular weight excluding hydrogens is 642 g/mol. The number of amides is 2. The molecule has 2 saturated heterocycles. The van der Waals surface area contributed by atoms with Crippen LogP contribution in [0.4, 0.5) is 0 Å². The van der Waals surface area contributed by atoms with Crippen LogP contribution in [0, 0.1) is 0 Å². The Kier molecular flexibility index (Phi) is 10.2. The zero-order chi connectivity index (χ0) is 34.8. The number of esters is 2. The lowest BCUT2D eigenvalue weighted by Crippen LogP contribution is -2.66. The van der Waals surface area contributed by atoms with Crippen LogP contribution >= 0.6 is 0 Å². The maximum absolute atomic E-state index is 13.2. The molecule has 49 heavy (non-hydrogen) atoms. The van der Waals surface area contributed by atoms with Crippen molar-refractivity contribution in [3.8, 4) is 0 Å². The third-order valence-corrected chi connectivity index (χ3v) is 8.74. The summed E-state index contributed by atoms with van der Waals surface area (Å²) in [6.45, 7) is 1.09. The van der Waals surface area contributed by atoms with Crippen molar-refractivity contribution in [2.24, 2.45) is 0 Å². The first-order valence-corrected chi connectivity index (χ1v) is 15.6. The van der Waals surface area contributed by atoms with Gasteiger partial charge in [0.25, 0.3) is 11.8 Å². The quantitative estimate of drug-likeness (QED) is 0.218. The monoisotopic (exact) mass is 677 g/mol. The number of hydrogen-bond donors (Lipinski definition) is 3. The van der Waals surface area contributed by atoms with Gasteiger partial charge in [-0.25, -0.2) is 9.59 Å². The van der Waals surface area contributed by atoms with Gasteiger partial charge in [-0.1, -0.05) is 48.5 Å². The molecule has 0 bridgehead atoms. The minimum absolute atomic E-state index is 0.0938. The van der Waals surface area contributed by atoms with E-state index in [1.165, 1.54) is 19.2 Å². The van der Waals surface area contributed by atoms with Crippen LogP contribution < -0.4 is 0 Å². The second-order valence-corrected chi connectivity index (χ2v) is 11.8. The van der Waals surface area contributed by atoms with Crippen LogP contribution in [0.3, 0.4) is 0 Å². The molecule has 0 radical (unpaired) electrons. The highest BCUT2D eigenvalue weighted by Crippen LogP contribution is 2.33. The molecule has 14 heteroatoms. The molecule has 14 nitrogen and oxygen atoms in total. The molecule has 3 N–H and O–H groups in total. The van der Waals surface area contributed by atoms with Crippen LogP contribution in [0.2, 0.25) is 0 Å². The van der Waals surface area contributed by atoms with E-state index in [2.05, 4.69) is 0 Å². The lowest BCUT2D eigenvalue weighted by atomic mass is 9.95. The van der Waals surface area contributed by atoms with Crippen molar-refractivity contribution in [2.45, 2.75) is 68.3 Å². The van der Waals surface area contributed by atoms with E-state index < -0.39 is 91.7 Å². The lowest BCUT2D eigenvalue weighted by molar-refractivity contribution is -0.317. The fourth-order valence-electron chi connectivity index (χ4n) is 6.20. The van der Waals surface area contributed by atoms with Crippen LogP contribution in [0.25, 0.3) is 0 Å². The fraction of sp³-hybridized carbons (Fsp3) is 0.371. The number of nitrogens with zero attached hydrogens (tertiary/aromatic N) is 1. The van der Waals surface area contributed by atoms with Crippen LogP contribution in [-0.2, 0) is 28.4 Å². The third-order valence-electron chi connectivity index (χ3n) is 8.74. The predicted octanol–water partition coefficient (Wildman–Crippen LogP) is 1.32. The van der Waals surface area contributed by atoms with Gasteiger partial charge in [0.15, 0.2) is 24.8 Å². The van der Waals surface area contributed by atoms with E-state index >= 15 is 0 Å². The van der Waals surface area contributed by atoms with Crippen molar-refractivity contribution in [3.63, 3.8) is 0 Å². The van der Waals surface area contributed by atoms with Crippen LogP contribution in [-0.4, -0.2) is 119 Å². The molecule has 0 unspecified atom stereocenters. The standard InChI is InChI=1S/C35H35NO13/c1-18-27(48-32(41)19-11-5-3-6-12-19)28(49-33(42)20-13-7-4-8-14-20)29(44-2)35(46-18)45-17-23-25(37)26(38)24(34(43)47-23)36-30(39)21-15-9-10-16-22(21)31(36)40/h3-16,18,23-29,34-35,37-38,43H,17H2,1-2H3/t18-,23+,24+,25+,26+,27+,28+,29-,34+,35+/m0/s1. The van der Waals surface area contributed by atoms with E-state index in [4.69, 9.17) is 28.4 Å². The summed E-state index contributed by atoms with van der Waals surface area (Å²) in [5.41, 5.74) is 0.680. The molecular formula is C35H35NO13.